The zero-order chi connectivity index (χ0) is 14.5. The lowest BCUT2D eigenvalue weighted by molar-refractivity contribution is 0.102. The van der Waals surface area contributed by atoms with Crippen molar-refractivity contribution in [3.8, 4) is 5.75 Å². The standard InChI is InChI=1S/C14H14ClN3O2/c1-2-20-11-5-3-4-10(7-11)18-14(19)9-6-12(15)13(16)17-8-9/h3-8H,2H2,1H3,(H2,16,17)(H,18,19). The second-order valence-corrected chi connectivity index (χ2v) is 4.41. The zero-order valence-corrected chi connectivity index (χ0v) is 11.6. The van der Waals surface area contributed by atoms with Crippen molar-refractivity contribution in [1.82, 2.24) is 4.98 Å². The first kappa shape index (κ1) is 14.1. The fourth-order valence-corrected chi connectivity index (χ4v) is 1.77. The number of anilines is 2. The number of benzene rings is 1. The molecule has 1 amide bonds. The van der Waals surface area contributed by atoms with Crippen molar-refractivity contribution >= 4 is 29.0 Å². The van der Waals surface area contributed by atoms with Crippen molar-refractivity contribution in [1.29, 1.82) is 0 Å². The maximum atomic E-state index is 12.1. The average Bonchev–Trinajstić information content (AvgIpc) is 2.42. The second kappa shape index (κ2) is 6.25. The summed E-state index contributed by atoms with van der Waals surface area (Å²) < 4.78 is 5.37. The van der Waals surface area contributed by atoms with Gasteiger partial charge in [0.2, 0.25) is 0 Å². The van der Waals surface area contributed by atoms with Crippen molar-refractivity contribution in [2.75, 3.05) is 17.7 Å². The van der Waals surface area contributed by atoms with Crippen LogP contribution in [-0.4, -0.2) is 17.5 Å². The molecule has 1 heterocycles. The molecule has 0 atom stereocenters. The van der Waals surface area contributed by atoms with E-state index in [0.29, 0.717) is 23.6 Å². The Hall–Kier alpha value is -2.27. The minimum Gasteiger partial charge on any atom is -0.494 e. The van der Waals surface area contributed by atoms with Gasteiger partial charge in [-0.25, -0.2) is 4.98 Å². The van der Waals surface area contributed by atoms with Crippen molar-refractivity contribution in [2.45, 2.75) is 6.92 Å². The number of aromatic nitrogens is 1. The molecule has 0 radical (unpaired) electrons. The number of ether oxygens (including phenoxy) is 1. The summed E-state index contributed by atoms with van der Waals surface area (Å²) in [7, 11) is 0. The van der Waals surface area contributed by atoms with Gasteiger partial charge in [-0.3, -0.25) is 4.79 Å². The van der Waals surface area contributed by atoms with E-state index in [2.05, 4.69) is 10.3 Å². The summed E-state index contributed by atoms with van der Waals surface area (Å²) in [6.45, 7) is 2.46. The quantitative estimate of drug-likeness (QED) is 0.908. The highest BCUT2D eigenvalue weighted by Crippen LogP contribution is 2.20. The number of carbonyl (C=O) groups is 1. The molecule has 2 rings (SSSR count). The van der Waals surface area contributed by atoms with Gasteiger partial charge in [-0.2, -0.15) is 0 Å². The van der Waals surface area contributed by atoms with Crippen LogP contribution in [0.3, 0.4) is 0 Å². The lowest BCUT2D eigenvalue weighted by Crippen LogP contribution is -2.12. The molecule has 0 spiro atoms. The number of amides is 1. The van der Waals surface area contributed by atoms with Crippen LogP contribution >= 0.6 is 11.6 Å². The molecule has 0 bridgehead atoms. The molecule has 104 valence electrons. The third-order valence-corrected chi connectivity index (χ3v) is 2.84. The highest BCUT2D eigenvalue weighted by atomic mass is 35.5. The largest absolute Gasteiger partial charge is 0.494 e. The van der Waals surface area contributed by atoms with Gasteiger partial charge < -0.3 is 15.8 Å². The van der Waals surface area contributed by atoms with E-state index in [9.17, 15) is 4.79 Å². The lowest BCUT2D eigenvalue weighted by Gasteiger charge is -2.08. The second-order valence-electron chi connectivity index (χ2n) is 4.01. The van der Waals surface area contributed by atoms with Gasteiger partial charge >= 0.3 is 0 Å². The molecule has 1 aromatic heterocycles. The first-order valence-electron chi connectivity index (χ1n) is 6.05. The molecule has 20 heavy (non-hydrogen) atoms. The Morgan fingerprint density at radius 3 is 2.95 bits per heavy atom. The molecule has 0 saturated carbocycles. The Kier molecular flexibility index (Phi) is 4.42. The minimum absolute atomic E-state index is 0.196. The van der Waals surface area contributed by atoms with E-state index in [0.717, 1.165) is 0 Å². The normalized spacial score (nSPS) is 10.1. The number of carbonyl (C=O) groups excluding carboxylic acids is 1. The number of hydrogen-bond acceptors (Lipinski definition) is 4. The van der Waals surface area contributed by atoms with Gasteiger partial charge in [-0.1, -0.05) is 17.7 Å². The summed E-state index contributed by atoms with van der Waals surface area (Å²) in [5.41, 5.74) is 6.48. The van der Waals surface area contributed by atoms with Gasteiger partial charge in [-0.15, -0.1) is 0 Å². The summed E-state index contributed by atoms with van der Waals surface area (Å²) in [6.07, 6.45) is 1.38. The third-order valence-electron chi connectivity index (χ3n) is 2.53. The van der Waals surface area contributed by atoms with Crippen LogP contribution < -0.4 is 15.8 Å². The molecule has 0 saturated heterocycles. The maximum Gasteiger partial charge on any atom is 0.257 e. The molecule has 3 N–H and O–H groups in total. The monoisotopic (exact) mass is 291 g/mol. The van der Waals surface area contributed by atoms with Crippen LogP contribution in [0.25, 0.3) is 0 Å². The number of halogens is 1. The lowest BCUT2D eigenvalue weighted by atomic mass is 10.2. The summed E-state index contributed by atoms with van der Waals surface area (Å²) in [5, 5.41) is 3.00. The van der Waals surface area contributed by atoms with E-state index < -0.39 is 0 Å². The summed E-state index contributed by atoms with van der Waals surface area (Å²) in [5.74, 6) is 0.577. The van der Waals surface area contributed by atoms with E-state index in [1.54, 1.807) is 18.2 Å². The molecule has 0 aliphatic heterocycles. The molecule has 0 fully saturated rings. The number of pyridine rings is 1. The first-order chi connectivity index (χ1) is 9.60. The van der Waals surface area contributed by atoms with E-state index >= 15 is 0 Å². The Morgan fingerprint density at radius 2 is 2.25 bits per heavy atom. The number of nitrogen functional groups attached to an aromatic ring is 1. The van der Waals surface area contributed by atoms with E-state index in [-0.39, 0.29) is 16.7 Å². The summed E-state index contributed by atoms with van der Waals surface area (Å²) in [4.78, 5) is 15.9. The number of nitrogens with one attached hydrogen (secondary N) is 1. The van der Waals surface area contributed by atoms with E-state index in [1.807, 2.05) is 13.0 Å². The predicted octanol–water partition coefficient (Wildman–Crippen LogP) is 2.97. The molecule has 5 nitrogen and oxygen atoms in total. The Labute approximate surface area is 121 Å². The van der Waals surface area contributed by atoms with Gasteiger partial charge in [0.25, 0.3) is 5.91 Å². The Balaban J connectivity index is 2.14. The summed E-state index contributed by atoms with van der Waals surface area (Å²) >= 11 is 5.84. The molecule has 0 aliphatic carbocycles. The molecule has 2 aromatic rings. The highest BCUT2D eigenvalue weighted by molar-refractivity contribution is 6.33. The smallest absolute Gasteiger partial charge is 0.257 e. The fourth-order valence-electron chi connectivity index (χ4n) is 1.61. The Bertz CT molecular complexity index is 632. The van der Waals surface area contributed by atoms with E-state index in [1.165, 1.54) is 12.3 Å². The predicted molar refractivity (Wildman–Crippen MR) is 79.2 cm³/mol. The maximum absolute atomic E-state index is 12.1. The van der Waals surface area contributed by atoms with Gasteiger partial charge in [0.15, 0.2) is 0 Å². The van der Waals surface area contributed by atoms with Crippen molar-refractivity contribution in [3.63, 3.8) is 0 Å². The molecule has 0 aliphatic rings. The van der Waals surface area contributed by atoms with Crippen LogP contribution in [0.15, 0.2) is 36.5 Å². The minimum atomic E-state index is -0.312. The van der Waals surface area contributed by atoms with Gasteiger partial charge in [0, 0.05) is 18.0 Å². The zero-order valence-electron chi connectivity index (χ0n) is 10.9. The molecular formula is C14H14ClN3O2. The third kappa shape index (κ3) is 3.39. The van der Waals surface area contributed by atoms with Crippen LogP contribution in [-0.2, 0) is 0 Å². The SMILES string of the molecule is CCOc1cccc(NC(=O)c2cnc(N)c(Cl)c2)c1. The molecule has 6 heteroatoms. The van der Waals surface area contributed by atoms with Gasteiger partial charge in [-0.05, 0) is 25.1 Å². The fraction of sp³-hybridized carbons (Fsp3) is 0.143. The topological polar surface area (TPSA) is 77.2 Å². The van der Waals surface area contributed by atoms with E-state index in [4.69, 9.17) is 22.1 Å². The van der Waals surface area contributed by atoms with Crippen LogP contribution in [0.5, 0.6) is 5.75 Å². The van der Waals surface area contributed by atoms with Crippen LogP contribution in [0, 0.1) is 0 Å². The van der Waals surface area contributed by atoms with Crippen LogP contribution in [0.1, 0.15) is 17.3 Å². The first-order valence-corrected chi connectivity index (χ1v) is 6.43. The van der Waals surface area contributed by atoms with Crippen molar-refractivity contribution in [2.24, 2.45) is 0 Å². The number of hydrogen-bond donors (Lipinski definition) is 2. The highest BCUT2D eigenvalue weighted by Gasteiger charge is 2.09. The number of nitrogens with two attached hydrogens (primary N) is 1. The van der Waals surface area contributed by atoms with Crippen LogP contribution in [0.2, 0.25) is 5.02 Å². The number of rotatable bonds is 4. The molecular weight excluding hydrogens is 278 g/mol. The van der Waals surface area contributed by atoms with Gasteiger partial charge in [0.05, 0.1) is 17.2 Å². The van der Waals surface area contributed by atoms with Crippen molar-refractivity contribution in [3.05, 3.63) is 47.1 Å². The van der Waals surface area contributed by atoms with Crippen molar-refractivity contribution < 1.29 is 9.53 Å². The molecule has 0 unspecified atom stereocenters. The van der Waals surface area contributed by atoms with Crippen LogP contribution in [0.4, 0.5) is 11.5 Å². The Morgan fingerprint density at radius 1 is 1.45 bits per heavy atom. The molecule has 1 aromatic carbocycles. The average molecular weight is 292 g/mol. The summed E-state index contributed by atoms with van der Waals surface area (Å²) in [6, 6.07) is 8.61. The number of nitrogens with zero attached hydrogens (tertiary/aromatic N) is 1. The van der Waals surface area contributed by atoms with Gasteiger partial charge in [0.1, 0.15) is 11.6 Å².